The van der Waals surface area contributed by atoms with Gasteiger partial charge in [-0.3, -0.25) is 9.69 Å². The molecule has 0 N–H and O–H groups in total. The summed E-state index contributed by atoms with van der Waals surface area (Å²) in [5.74, 6) is 0.569. The monoisotopic (exact) mass is 398 g/mol. The molecule has 2 heterocycles. The fourth-order valence-electron chi connectivity index (χ4n) is 4.12. The number of carbonyl (C=O) groups is 1. The van der Waals surface area contributed by atoms with E-state index in [1.807, 2.05) is 13.0 Å². The molecule has 154 valence electrons. The normalized spacial score (nSPS) is 18.3. The number of hydrogen-bond donors (Lipinski definition) is 0. The summed E-state index contributed by atoms with van der Waals surface area (Å²) in [5, 5.41) is 0. The molecule has 5 nitrogen and oxygen atoms in total. The number of hydrogen-bond acceptors (Lipinski definition) is 4. The maximum atomic E-state index is 13.1. The molecule has 1 saturated carbocycles. The van der Waals surface area contributed by atoms with Crippen molar-refractivity contribution in [2.45, 2.75) is 45.1 Å². The molecule has 4 rings (SSSR count). The minimum absolute atomic E-state index is 0.167. The van der Waals surface area contributed by atoms with E-state index in [2.05, 4.69) is 4.90 Å². The van der Waals surface area contributed by atoms with Crippen LogP contribution in [0.1, 0.15) is 58.8 Å². The second kappa shape index (κ2) is 8.49. The summed E-state index contributed by atoms with van der Waals surface area (Å²) in [5.41, 5.74) is 1.42. The van der Waals surface area contributed by atoms with Crippen LogP contribution in [0.3, 0.4) is 0 Å². The van der Waals surface area contributed by atoms with Crippen molar-refractivity contribution < 1.29 is 13.6 Å². The lowest BCUT2D eigenvalue weighted by Crippen LogP contribution is -2.38. The SMILES string of the molecule is Cc1cc(C2CCC2)oc(=O)c1C(=O)N1CCCN(Cc2ccc(F)cc2)CC1. The zero-order valence-corrected chi connectivity index (χ0v) is 16.8. The molecule has 0 bridgehead atoms. The molecule has 2 aliphatic rings. The predicted octanol–water partition coefficient (Wildman–Crippen LogP) is 3.70. The summed E-state index contributed by atoms with van der Waals surface area (Å²) in [4.78, 5) is 29.6. The summed E-state index contributed by atoms with van der Waals surface area (Å²) in [6, 6.07) is 8.40. The van der Waals surface area contributed by atoms with E-state index in [0.29, 0.717) is 31.1 Å². The Morgan fingerprint density at radius 1 is 1.10 bits per heavy atom. The quantitative estimate of drug-likeness (QED) is 0.788. The topological polar surface area (TPSA) is 53.8 Å². The molecular weight excluding hydrogens is 371 g/mol. The van der Waals surface area contributed by atoms with Gasteiger partial charge in [0.05, 0.1) is 0 Å². The third kappa shape index (κ3) is 4.42. The maximum Gasteiger partial charge on any atom is 0.349 e. The summed E-state index contributed by atoms with van der Waals surface area (Å²) in [6.07, 6.45) is 4.09. The van der Waals surface area contributed by atoms with Crippen molar-refractivity contribution >= 4 is 5.91 Å². The molecule has 0 atom stereocenters. The van der Waals surface area contributed by atoms with Gasteiger partial charge in [0.1, 0.15) is 17.1 Å². The Balaban J connectivity index is 1.43. The van der Waals surface area contributed by atoms with Gasteiger partial charge in [-0.05, 0) is 55.5 Å². The van der Waals surface area contributed by atoms with Crippen LogP contribution in [0.4, 0.5) is 4.39 Å². The Morgan fingerprint density at radius 2 is 1.86 bits per heavy atom. The number of aryl methyl sites for hydroxylation is 1. The van der Waals surface area contributed by atoms with Crippen LogP contribution in [0.5, 0.6) is 0 Å². The number of carbonyl (C=O) groups excluding carboxylic acids is 1. The van der Waals surface area contributed by atoms with Crippen molar-refractivity contribution in [2.24, 2.45) is 0 Å². The number of halogens is 1. The largest absolute Gasteiger partial charge is 0.427 e. The lowest BCUT2D eigenvalue weighted by molar-refractivity contribution is 0.0755. The fraction of sp³-hybridized carbons (Fsp3) is 0.478. The van der Waals surface area contributed by atoms with E-state index in [1.165, 1.54) is 12.1 Å². The van der Waals surface area contributed by atoms with E-state index < -0.39 is 5.63 Å². The van der Waals surface area contributed by atoms with Crippen molar-refractivity contribution in [3.8, 4) is 0 Å². The van der Waals surface area contributed by atoms with Crippen molar-refractivity contribution in [1.29, 1.82) is 0 Å². The number of amides is 1. The zero-order chi connectivity index (χ0) is 20.4. The van der Waals surface area contributed by atoms with Crippen LogP contribution in [0.25, 0.3) is 0 Å². The van der Waals surface area contributed by atoms with Crippen LogP contribution in [0, 0.1) is 12.7 Å². The zero-order valence-electron chi connectivity index (χ0n) is 16.8. The summed E-state index contributed by atoms with van der Waals surface area (Å²) in [6.45, 7) is 5.29. The smallest absolute Gasteiger partial charge is 0.349 e. The predicted molar refractivity (Wildman–Crippen MR) is 109 cm³/mol. The van der Waals surface area contributed by atoms with E-state index in [-0.39, 0.29) is 17.3 Å². The molecule has 1 aromatic carbocycles. The van der Waals surface area contributed by atoms with E-state index in [0.717, 1.165) is 50.1 Å². The molecule has 0 spiro atoms. The van der Waals surface area contributed by atoms with Gasteiger partial charge in [-0.15, -0.1) is 0 Å². The van der Waals surface area contributed by atoms with Gasteiger partial charge in [-0.1, -0.05) is 18.6 Å². The minimum atomic E-state index is -0.510. The summed E-state index contributed by atoms with van der Waals surface area (Å²) in [7, 11) is 0. The van der Waals surface area contributed by atoms with Crippen LogP contribution in [0.2, 0.25) is 0 Å². The first kappa shape index (κ1) is 19.8. The van der Waals surface area contributed by atoms with Gasteiger partial charge in [0, 0.05) is 38.6 Å². The van der Waals surface area contributed by atoms with Gasteiger partial charge >= 0.3 is 5.63 Å². The first-order valence-electron chi connectivity index (χ1n) is 10.4. The van der Waals surface area contributed by atoms with Crippen molar-refractivity contribution in [1.82, 2.24) is 9.80 Å². The second-order valence-electron chi connectivity index (χ2n) is 8.17. The Kier molecular flexibility index (Phi) is 5.81. The lowest BCUT2D eigenvalue weighted by atomic mass is 9.83. The second-order valence-corrected chi connectivity index (χ2v) is 8.17. The van der Waals surface area contributed by atoms with E-state index in [4.69, 9.17) is 4.42 Å². The Bertz CT molecular complexity index is 934. The highest BCUT2D eigenvalue weighted by Gasteiger charge is 2.28. The first-order valence-corrected chi connectivity index (χ1v) is 10.4. The first-order chi connectivity index (χ1) is 14.0. The Labute approximate surface area is 170 Å². The van der Waals surface area contributed by atoms with Gasteiger partial charge in [-0.25, -0.2) is 9.18 Å². The summed E-state index contributed by atoms with van der Waals surface area (Å²) < 4.78 is 18.6. The molecule has 1 aliphatic carbocycles. The molecule has 1 aliphatic heterocycles. The molecule has 1 amide bonds. The third-order valence-corrected chi connectivity index (χ3v) is 6.08. The van der Waals surface area contributed by atoms with Gasteiger partial charge in [-0.2, -0.15) is 0 Å². The van der Waals surface area contributed by atoms with E-state index >= 15 is 0 Å². The van der Waals surface area contributed by atoms with Crippen molar-refractivity contribution in [3.05, 3.63) is 69.0 Å². The van der Waals surface area contributed by atoms with Crippen LogP contribution >= 0.6 is 0 Å². The van der Waals surface area contributed by atoms with Gasteiger partial charge in [0.25, 0.3) is 5.91 Å². The number of benzene rings is 1. The molecule has 0 unspecified atom stereocenters. The molecule has 2 aromatic rings. The molecule has 29 heavy (non-hydrogen) atoms. The average Bonchev–Trinajstić information content (AvgIpc) is 2.87. The van der Waals surface area contributed by atoms with Gasteiger partial charge in [0.15, 0.2) is 0 Å². The Hall–Kier alpha value is -2.47. The highest BCUT2D eigenvalue weighted by atomic mass is 19.1. The standard InChI is InChI=1S/C23H27FN2O3/c1-16-14-20(18-4-2-5-18)29-23(28)21(16)22(27)26-11-3-10-25(12-13-26)15-17-6-8-19(24)9-7-17/h6-9,14,18H,2-5,10-13,15H2,1H3. The number of rotatable bonds is 4. The van der Waals surface area contributed by atoms with Gasteiger partial charge in [0.2, 0.25) is 0 Å². The molecule has 1 aromatic heterocycles. The number of nitrogens with zero attached hydrogens (tertiary/aromatic N) is 2. The van der Waals surface area contributed by atoms with E-state index in [1.54, 1.807) is 17.0 Å². The molecule has 2 fully saturated rings. The fourth-order valence-corrected chi connectivity index (χ4v) is 4.12. The van der Waals surface area contributed by atoms with Crippen molar-refractivity contribution in [2.75, 3.05) is 26.2 Å². The highest BCUT2D eigenvalue weighted by Crippen LogP contribution is 2.36. The molecule has 1 saturated heterocycles. The average molecular weight is 398 g/mol. The Morgan fingerprint density at radius 3 is 2.52 bits per heavy atom. The minimum Gasteiger partial charge on any atom is -0.427 e. The maximum absolute atomic E-state index is 13.1. The van der Waals surface area contributed by atoms with Crippen LogP contribution in [-0.4, -0.2) is 41.9 Å². The third-order valence-electron chi connectivity index (χ3n) is 6.08. The lowest BCUT2D eigenvalue weighted by Gasteiger charge is -2.25. The summed E-state index contributed by atoms with van der Waals surface area (Å²) >= 11 is 0. The van der Waals surface area contributed by atoms with Gasteiger partial charge < -0.3 is 9.32 Å². The van der Waals surface area contributed by atoms with Crippen molar-refractivity contribution in [3.63, 3.8) is 0 Å². The highest BCUT2D eigenvalue weighted by molar-refractivity contribution is 5.95. The van der Waals surface area contributed by atoms with Crippen LogP contribution < -0.4 is 5.63 Å². The van der Waals surface area contributed by atoms with Crippen LogP contribution in [0.15, 0.2) is 39.5 Å². The molecule has 0 radical (unpaired) electrons. The van der Waals surface area contributed by atoms with E-state index in [9.17, 15) is 14.0 Å². The van der Waals surface area contributed by atoms with Crippen LogP contribution in [-0.2, 0) is 6.54 Å². The molecule has 6 heteroatoms. The molecular formula is C23H27FN2O3.